The minimum absolute atomic E-state index is 0.0275. The first-order chi connectivity index (χ1) is 11.4. The molecule has 2 rings (SSSR count). The summed E-state index contributed by atoms with van der Waals surface area (Å²) in [5.41, 5.74) is 5.92. The summed E-state index contributed by atoms with van der Waals surface area (Å²) in [5.74, 6) is -0.818. The van der Waals surface area contributed by atoms with E-state index in [0.29, 0.717) is 12.0 Å². The second-order valence-corrected chi connectivity index (χ2v) is 6.09. The summed E-state index contributed by atoms with van der Waals surface area (Å²) in [5, 5.41) is 8.83. The van der Waals surface area contributed by atoms with E-state index in [1.165, 1.54) is 0 Å². The smallest absolute Gasteiger partial charge is 0.303 e. The molecule has 24 heavy (non-hydrogen) atoms. The summed E-state index contributed by atoms with van der Waals surface area (Å²) in [6, 6.07) is 11.5. The fourth-order valence-corrected chi connectivity index (χ4v) is 2.74. The molecule has 0 saturated heterocycles. The standard InChI is InChI=1S/C21H22O3/c1-14-4-7-18(8-5-14)20(22)10-6-17-12-15(2)19(16(3)13-17)9-11-21(23)24/h4-8,10,12-13H,9,11H2,1-3H3,(H,23,24)/b10-6+. The zero-order chi connectivity index (χ0) is 17.7. The lowest BCUT2D eigenvalue weighted by Gasteiger charge is -2.10. The summed E-state index contributed by atoms with van der Waals surface area (Å²) in [6.45, 7) is 5.94. The number of rotatable bonds is 6. The van der Waals surface area contributed by atoms with Crippen LogP contribution in [0.3, 0.4) is 0 Å². The maximum atomic E-state index is 12.2. The number of carbonyl (C=O) groups excluding carboxylic acids is 1. The molecule has 0 radical (unpaired) electrons. The number of hydrogen-bond donors (Lipinski definition) is 1. The van der Waals surface area contributed by atoms with Crippen molar-refractivity contribution in [3.05, 3.63) is 75.9 Å². The van der Waals surface area contributed by atoms with Crippen LogP contribution in [0, 0.1) is 20.8 Å². The summed E-state index contributed by atoms with van der Waals surface area (Å²) in [4.78, 5) is 22.9. The molecule has 2 aromatic carbocycles. The summed E-state index contributed by atoms with van der Waals surface area (Å²) >= 11 is 0. The van der Waals surface area contributed by atoms with Crippen LogP contribution in [0.15, 0.2) is 42.5 Å². The summed E-state index contributed by atoms with van der Waals surface area (Å²) in [7, 11) is 0. The molecule has 2 aromatic rings. The first kappa shape index (κ1) is 17.7. The van der Waals surface area contributed by atoms with Gasteiger partial charge in [0.1, 0.15) is 0 Å². The number of aliphatic carboxylic acids is 1. The van der Waals surface area contributed by atoms with Crippen molar-refractivity contribution in [2.24, 2.45) is 0 Å². The average Bonchev–Trinajstić information content (AvgIpc) is 2.52. The molecule has 0 fully saturated rings. The highest BCUT2D eigenvalue weighted by atomic mass is 16.4. The van der Waals surface area contributed by atoms with Gasteiger partial charge in [0.05, 0.1) is 0 Å². The molecule has 0 aliphatic rings. The molecule has 0 heterocycles. The molecule has 0 saturated carbocycles. The summed E-state index contributed by atoms with van der Waals surface area (Å²) < 4.78 is 0. The number of aryl methyl sites for hydroxylation is 3. The number of carboxylic acids is 1. The Kier molecular flexibility index (Phi) is 5.69. The normalized spacial score (nSPS) is 11.0. The van der Waals surface area contributed by atoms with Crippen LogP contribution >= 0.6 is 0 Å². The Morgan fingerprint density at radius 2 is 1.58 bits per heavy atom. The van der Waals surface area contributed by atoms with E-state index in [-0.39, 0.29) is 12.2 Å². The van der Waals surface area contributed by atoms with Gasteiger partial charge in [-0.25, -0.2) is 0 Å². The lowest BCUT2D eigenvalue weighted by Crippen LogP contribution is -2.01. The number of hydrogen-bond acceptors (Lipinski definition) is 2. The first-order valence-electron chi connectivity index (χ1n) is 7.98. The van der Waals surface area contributed by atoms with Gasteiger partial charge in [-0.3, -0.25) is 9.59 Å². The lowest BCUT2D eigenvalue weighted by molar-refractivity contribution is -0.136. The van der Waals surface area contributed by atoms with Crippen LogP contribution < -0.4 is 0 Å². The van der Waals surface area contributed by atoms with E-state index in [9.17, 15) is 9.59 Å². The van der Waals surface area contributed by atoms with Crippen LogP contribution in [0.25, 0.3) is 6.08 Å². The minimum Gasteiger partial charge on any atom is -0.481 e. The van der Waals surface area contributed by atoms with E-state index < -0.39 is 5.97 Å². The molecular weight excluding hydrogens is 300 g/mol. The van der Waals surface area contributed by atoms with Gasteiger partial charge in [-0.2, -0.15) is 0 Å². The van der Waals surface area contributed by atoms with Gasteiger partial charge in [-0.15, -0.1) is 0 Å². The molecule has 0 bridgehead atoms. The monoisotopic (exact) mass is 322 g/mol. The molecular formula is C21H22O3. The van der Waals surface area contributed by atoms with Crippen molar-refractivity contribution in [2.75, 3.05) is 0 Å². The second kappa shape index (κ2) is 7.73. The highest BCUT2D eigenvalue weighted by Crippen LogP contribution is 2.19. The Hall–Kier alpha value is -2.68. The Morgan fingerprint density at radius 1 is 1.00 bits per heavy atom. The maximum absolute atomic E-state index is 12.2. The van der Waals surface area contributed by atoms with Gasteiger partial charge in [0.25, 0.3) is 0 Å². The Labute approximate surface area is 142 Å². The molecule has 0 atom stereocenters. The molecule has 0 aliphatic heterocycles. The molecule has 0 spiro atoms. The fraction of sp³-hybridized carbons (Fsp3) is 0.238. The fourth-order valence-electron chi connectivity index (χ4n) is 2.74. The zero-order valence-electron chi connectivity index (χ0n) is 14.3. The van der Waals surface area contributed by atoms with Crippen LogP contribution in [0.2, 0.25) is 0 Å². The second-order valence-electron chi connectivity index (χ2n) is 6.09. The van der Waals surface area contributed by atoms with E-state index in [0.717, 1.165) is 27.8 Å². The van der Waals surface area contributed by atoms with Crippen molar-refractivity contribution in [3.8, 4) is 0 Å². The topological polar surface area (TPSA) is 54.4 Å². The predicted molar refractivity (Wildman–Crippen MR) is 96.4 cm³/mol. The van der Waals surface area contributed by atoms with E-state index in [1.807, 2.05) is 63.2 Å². The minimum atomic E-state index is -0.790. The van der Waals surface area contributed by atoms with Gasteiger partial charge in [-0.05, 0) is 55.5 Å². The van der Waals surface area contributed by atoms with E-state index in [4.69, 9.17) is 5.11 Å². The van der Waals surface area contributed by atoms with Gasteiger partial charge in [0.15, 0.2) is 5.78 Å². The summed E-state index contributed by atoms with van der Waals surface area (Å²) in [6.07, 6.45) is 4.04. The third-order valence-corrected chi connectivity index (χ3v) is 4.07. The Balaban J connectivity index is 2.16. The number of benzene rings is 2. The first-order valence-corrected chi connectivity index (χ1v) is 7.98. The van der Waals surface area contributed by atoms with Crippen molar-refractivity contribution in [1.29, 1.82) is 0 Å². The third kappa shape index (κ3) is 4.66. The Bertz CT molecular complexity index is 760. The molecule has 0 aliphatic carbocycles. The molecule has 3 nitrogen and oxygen atoms in total. The van der Waals surface area contributed by atoms with E-state index in [1.54, 1.807) is 6.08 Å². The SMILES string of the molecule is Cc1ccc(C(=O)/C=C/c2cc(C)c(CCC(=O)O)c(C)c2)cc1. The van der Waals surface area contributed by atoms with Gasteiger partial charge in [-0.1, -0.05) is 48.0 Å². The van der Waals surface area contributed by atoms with Crippen LogP contribution in [-0.2, 0) is 11.2 Å². The predicted octanol–water partition coefficient (Wildman–Crippen LogP) is 4.53. The van der Waals surface area contributed by atoms with Crippen LogP contribution in [0.4, 0.5) is 0 Å². The van der Waals surface area contributed by atoms with Gasteiger partial charge in [0.2, 0.25) is 0 Å². The molecule has 124 valence electrons. The zero-order valence-corrected chi connectivity index (χ0v) is 14.3. The molecule has 0 aromatic heterocycles. The quantitative estimate of drug-likeness (QED) is 0.628. The highest BCUT2D eigenvalue weighted by molar-refractivity contribution is 6.06. The number of carboxylic acid groups (broad SMARTS) is 1. The van der Waals surface area contributed by atoms with Crippen LogP contribution in [0.1, 0.15) is 44.6 Å². The maximum Gasteiger partial charge on any atom is 0.303 e. The van der Waals surface area contributed by atoms with E-state index in [2.05, 4.69) is 0 Å². The van der Waals surface area contributed by atoms with Gasteiger partial charge >= 0.3 is 5.97 Å². The van der Waals surface area contributed by atoms with Crippen molar-refractivity contribution in [1.82, 2.24) is 0 Å². The largest absolute Gasteiger partial charge is 0.481 e. The van der Waals surface area contributed by atoms with Crippen molar-refractivity contribution in [2.45, 2.75) is 33.6 Å². The van der Waals surface area contributed by atoms with E-state index >= 15 is 0 Å². The van der Waals surface area contributed by atoms with Crippen molar-refractivity contribution in [3.63, 3.8) is 0 Å². The molecule has 1 N–H and O–H groups in total. The molecule has 3 heteroatoms. The van der Waals surface area contributed by atoms with Crippen molar-refractivity contribution < 1.29 is 14.7 Å². The number of ketones is 1. The number of carbonyl (C=O) groups is 2. The molecule has 0 unspecified atom stereocenters. The van der Waals surface area contributed by atoms with Crippen LogP contribution in [0.5, 0.6) is 0 Å². The third-order valence-electron chi connectivity index (χ3n) is 4.07. The van der Waals surface area contributed by atoms with Gasteiger partial charge in [0, 0.05) is 12.0 Å². The van der Waals surface area contributed by atoms with Gasteiger partial charge < -0.3 is 5.11 Å². The number of allylic oxidation sites excluding steroid dienone is 1. The Morgan fingerprint density at radius 3 is 2.12 bits per heavy atom. The highest BCUT2D eigenvalue weighted by Gasteiger charge is 2.07. The van der Waals surface area contributed by atoms with Crippen LogP contribution in [-0.4, -0.2) is 16.9 Å². The molecule has 0 amide bonds. The average molecular weight is 322 g/mol. The van der Waals surface area contributed by atoms with Crippen molar-refractivity contribution >= 4 is 17.8 Å². The lowest BCUT2D eigenvalue weighted by atomic mass is 9.95.